The SMILES string of the molecule is CC(C)(C)SCC(=O)N1CCCc2cc(C(=O)O)ccc21. The van der Waals surface area contributed by atoms with Gasteiger partial charge in [0.05, 0.1) is 11.3 Å². The normalized spacial score (nSPS) is 14.7. The molecule has 0 aromatic heterocycles. The minimum Gasteiger partial charge on any atom is -0.478 e. The van der Waals surface area contributed by atoms with Crippen LogP contribution < -0.4 is 4.90 Å². The van der Waals surface area contributed by atoms with E-state index in [0.29, 0.717) is 12.3 Å². The molecule has 1 heterocycles. The standard InChI is InChI=1S/C16H21NO3S/c1-16(2,3)21-10-14(18)17-8-4-5-11-9-12(15(19)20)6-7-13(11)17/h6-7,9H,4-5,8,10H2,1-3H3,(H,19,20). The minimum absolute atomic E-state index is 0.0570. The van der Waals surface area contributed by atoms with Crippen molar-refractivity contribution in [3.05, 3.63) is 29.3 Å². The molecule has 0 saturated carbocycles. The second-order valence-corrected chi connectivity index (χ2v) is 8.00. The van der Waals surface area contributed by atoms with E-state index in [2.05, 4.69) is 20.8 Å². The smallest absolute Gasteiger partial charge is 0.335 e. The van der Waals surface area contributed by atoms with Gasteiger partial charge in [-0.15, -0.1) is 11.8 Å². The lowest BCUT2D eigenvalue weighted by Crippen LogP contribution is -2.37. The van der Waals surface area contributed by atoms with Crippen LogP contribution in [0.25, 0.3) is 0 Å². The summed E-state index contributed by atoms with van der Waals surface area (Å²) >= 11 is 1.63. The van der Waals surface area contributed by atoms with Crippen molar-refractivity contribution in [1.82, 2.24) is 0 Å². The van der Waals surface area contributed by atoms with E-state index < -0.39 is 5.97 Å². The van der Waals surface area contributed by atoms with Gasteiger partial charge < -0.3 is 10.0 Å². The summed E-state index contributed by atoms with van der Waals surface area (Å²) in [5, 5.41) is 9.05. The number of aryl methyl sites for hydroxylation is 1. The molecule has 0 radical (unpaired) electrons. The number of hydrogen-bond donors (Lipinski definition) is 1. The maximum absolute atomic E-state index is 12.4. The van der Waals surface area contributed by atoms with Gasteiger partial charge in [-0.3, -0.25) is 4.79 Å². The van der Waals surface area contributed by atoms with E-state index in [1.807, 2.05) is 0 Å². The maximum Gasteiger partial charge on any atom is 0.335 e. The zero-order valence-electron chi connectivity index (χ0n) is 12.7. The van der Waals surface area contributed by atoms with Crippen LogP contribution in [0.1, 0.15) is 43.1 Å². The van der Waals surface area contributed by atoms with Gasteiger partial charge in [0.15, 0.2) is 0 Å². The molecule has 0 bridgehead atoms. The number of carbonyl (C=O) groups excluding carboxylic acids is 1. The number of amides is 1. The zero-order valence-corrected chi connectivity index (χ0v) is 13.5. The molecule has 2 rings (SSSR count). The summed E-state index contributed by atoms with van der Waals surface area (Å²) in [6.07, 6.45) is 1.70. The quantitative estimate of drug-likeness (QED) is 0.931. The molecule has 0 saturated heterocycles. The van der Waals surface area contributed by atoms with E-state index in [4.69, 9.17) is 5.11 Å². The van der Waals surface area contributed by atoms with Gasteiger partial charge in [-0.1, -0.05) is 20.8 Å². The number of rotatable bonds is 3. The van der Waals surface area contributed by atoms with Crippen molar-refractivity contribution >= 4 is 29.3 Å². The number of fused-ring (bicyclic) bond motifs is 1. The highest BCUT2D eigenvalue weighted by molar-refractivity contribution is 8.01. The Balaban J connectivity index is 2.18. The molecule has 21 heavy (non-hydrogen) atoms. The average Bonchev–Trinajstić information content (AvgIpc) is 2.42. The molecule has 5 heteroatoms. The molecule has 4 nitrogen and oxygen atoms in total. The summed E-state index contributed by atoms with van der Waals surface area (Å²) in [7, 11) is 0. The van der Waals surface area contributed by atoms with Gasteiger partial charge >= 0.3 is 5.97 Å². The fourth-order valence-corrected chi connectivity index (χ4v) is 3.06. The molecule has 0 fully saturated rings. The van der Waals surface area contributed by atoms with Crippen LogP contribution in [0.3, 0.4) is 0 Å². The van der Waals surface area contributed by atoms with E-state index in [1.54, 1.807) is 34.9 Å². The molecular formula is C16H21NO3S. The predicted octanol–water partition coefficient (Wildman–Crippen LogP) is 3.20. The molecule has 1 aromatic carbocycles. The van der Waals surface area contributed by atoms with Crippen LogP contribution in [0.2, 0.25) is 0 Å². The van der Waals surface area contributed by atoms with Crippen LogP contribution in [0.5, 0.6) is 0 Å². The first kappa shape index (κ1) is 15.9. The van der Waals surface area contributed by atoms with Crippen LogP contribution >= 0.6 is 11.8 Å². The first-order valence-electron chi connectivity index (χ1n) is 7.08. The second kappa shape index (κ2) is 6.10. The van der Waals surface area contributed by atoms with Crippen LogP contribution in [-0.4, -0.2) is 34.0 Å². The Labute approximate surface area is 129 Å². The van der Waals surface area contributed by atoms with Crippen LogP contribution in [0.15, 0.2) is 18.2 Å². The Bertz CT molecular complexity index is 563. The van der Waals surface area contributed by atoms with Gasteiger partial charge in [0.1, 0.15) is 0 Å². The highest BCUT2D eigenvalue weighted by Gasteiger charge is 2.24. The number of benzene rings is 1. The molecule has 1 N–H and O–H groups in total. The van der Waals surface area contributed by atoms with Crippen molar-refractivity contribution < 1.29 is 14.7 Å². The number of thioether (sulfide) groups is 1. The van der Waals surface area contributed by atoms with Gasteiger partial charge in [-0.05, 0) is 36.6 Å². The molecule has 1 aliphatic rings. The fraction of sp³-hybridized carbons (Fsp3) is 0.500. The van der Waals surface area contributed by atoms with Crippen molar-refractivity contribution in [3.8, 4) is 0 Å². The topological polar surface area (TPSA) is 57.6 Å². The summed E-state index contributed by atoms with van der Waals surface area (Å²) in [5.41, 5.74) is 2.10. The lowest BCUT2D eigenvalue weighted by atomic mass is 9.99. The van der Waals surface area contributed by atoms with E-state index in [9.17, 15) is 9.59 Å². The van der Waals surface area contributed by atoms with Crippen molar-refractivity contribution in [2.45, 2.75) is 38.4 Å². The fourth-order valence-electron chi connectivity index (χ4n) is 2.35. The van der Waals surface area contributed by atoms with E-state index in [-0.39, 0.29) is 16.2 Å². The van der Waals surface area contributed by atoms with Gasteiger partial charge in [0.25, 0.3) is 0 Å². The van der Waals surface area contributed by atoms with Crippen molar-refractivity contribution in [2.24, 2.45) is 0 Å². The third-order valence-corrected chi connectivity index (χ3v) is 4.63. The second-order valence-electron chi connectivity index (χ2n) is 6.20. The summed E-state index contributed by atoms with van der Waals surface area (Å²) in [5.74, 6) is -0.382. The first-order valence-corrected chi connectivity index (χ1v) is 8.07. The van der Waals surface area contributed by atoms with Crippen molar-refractivity contribution in [3.63, 3.8) is 0 Å². The Morgan fingerprint density at radius 1 is 1.33 bits per heavy atom. The highest BCUT2D eigenvalue weighted by atomic mass is 32.2. The number of carbonyl (C=O) groups is 2. The van der Waals surface area contributed by atoms with Crippen LogP contribution in [0.4, 0.5) is 5.69 Å². The van der Waals surface area contributed by atoms with Gasteiger partial charge in [-0.25, -0.2) is 4.79 Å². The molecule has 1 aliphatic heterocycles. The van der Waals surface area contributed by atoms with Gasteiger partial charge in [0.2, 0.25) is 5.91 Å². The Morgan fingerprint density at radius 2 is 2.05 bits per heavy atom. The van der Waals surface area contributed by atoms with Crippen LogP contribution in [0, 0.1) is 0 Å². The van der Waals surface area contributed by atoms with Crippen molar-refractivity contribution in [2.75, 3.05) is 17.2 Å². The maximum atomic E-state index is 12.4. The highest BCUT2D eigenvalue weighted by Crippen LogP contribution is 2.30. The number of carboxylic acids is 1. The molecule has 1 amide bonds. The monoisotopic (exact) mass is 307 g/mol. The summed E-state index contributed by atoms with van der Waals surface area (Å²) in [6, 6.07) is 5.02. The van der Waals surface area contributed by atoms with Gasteiger partial charge in [-0.2, -0.15) is 0 Å². The molecule has 1 aromatic rings. The summed E-state index contributed by atoms with van der Waals surface area (Å²) in [4.78, 5) is 25.2. The Morgan fingerprint density at radius 3 is 2.67 bits per heavy atom. The van der Waals surface area contributed by atoms with E-state index in [1.165, 1.54) is 0 Å². The molecule has 0 aliphatic carbocycles. The number of hydrogen-bond acceptors (Lipinski definition) is 3. The third kappa shape index (κ3) is 4.00. The van der Waals surface area contributed by atoms with E-state index >= 15 is 0 Å². The average molecular weight is 307 g/mol. The van der Waals surface area contributed by atoms with Crippen LogP contribution in [-0.2, 0) is 11.2 Å². The zero-order chi connectivity index (χ0) is 15.6. The lowest BCUT2D eigenvalue weighted by Gasteiger charge is -2.30. The summed E-state index contributed by atoms with van der Waals surface area (Å²) in [6.45, 7) is 6.99. The molecule has 114 valence electrons. The third-order valence-electron chi connectivity index (χ3n) is 3.37. The number of aromatic carboxylic acids is 1. The number of carboxylic acid groups (broad SMARTS) is 1. The minimum atomic E-state index is -0.926. The first-order chi connectivity index (χ1) is 9.78. The number of nitrogens with zero attached hydrogens (tertiary/aromatic N) is 1. The number of anilines is 1. The Hall–Kier alpha value is -1.49. The molecule has 0 atom stereocenters. The molecule has 0 unspecified atom stereocenters. The van der Waals surface area contributed by atoms with E-state index in [0.717, 1.165) is 24.1 Å². The molecular weight excluding hydrogens is 286 g/mol. The predicted molar refractivity (Wildman–Crippen MR) is 86.3 cm³/mol. The van der Waals surface area contributed by atoms with Crippen molar-refractivity contribution in [1.29, 1.82) is 0 Å². The summed E-state index contributed by atoms with van der Waals surface area (Å²) < 4.78 is 0.0570. The van der Waals surface area contributed by atoms with Gasteiger partial charge in [0, 0.05) is 17.0 Å². The molecule has 0 spiro atoms. The lowest BCUT2D eigenvalue weighted by molar-refractivity contribution is -0.116. The Kier molecular flexibility index (Phi) is 4.61. The largest absolute Gasteiger partial charge is 0.478 e.